The summed E-state index contributed by atoms with van der Waals surface area (Å²) in [7, 11) is 0. The van der Waals surface area contributed by atoms with Crippen molar-refractivity contribution in [2.75, 3.05) is 24.7 Å². The number of benzene rings is 3. The predicted octanol–water partition coefficient (Wildman–Crippen LogP) is 5.21. The number of aliphatic hydroxyl groups is 5. The molecule has 1 aromatic heterocycles. The van der Waals surface area contributed by atoms with Gasteiger partial charge in [-0.3, -0.25) is 14.6 Å². The summed E-state index contributed by atoms with van der Waals surface area (Å²) in [6.45, 7) is 2.68. The highest BCUT2D eigenvalue weighted by Gasteiger charge is 2.62. The van der Waals surface area contributed by atoms with Gasteiger partial charge in [-0.1, -0.05) is 37.5 Å². The van der Waals surface area contributed by atoms with Crippen LogP contribution in [0.1, 0.15) is 81.6 Å². The number of nitrogens with one attached hydrogen (secondary N) is 1. The molecule has 4 aliphatic heterocycles. The van der Waals surface area contributed by atoms with E-state index in [-0.39, 0.29) is 53.1 Å². The van der Waals surface area contributed by atoms with Gasteiger partial charge in [0.25, 0.3) is 0 Å². The van der Waals surface area contributed by atoms with Crippen LogP contribution in [0, 0.1) is 30.1 Å². The van der Waals surface area contributed by atoms with Crippen LogP contribution < -0.4 is 20.4 Å². The van der Waals surface area contributed by atoms with Gasteiger partial charge in [-0.2, -0.15) is 0 Å². The number of phenolic OH excluding ortho intramolecular Hbond substituents is 2. The van der Waals surface area contributed by atoms with Gasteiger partial charge >= 0.3 is 0 Å². The molecule has 11 rings (SSSR count). The molecule has 3 aliphatic carbocycles. The van der Waals surface area contributed by atoms with Crippen LogP contribution in [0.4, 0.5) is 5.69 Å². The first-order chi connectivity index (χ1) is 33.7. The first-order valence-electron chi connectivity index (χ1n) is 24.8. The van der Waals surface area contributed by atoms with E-state index in [2.05, 4.69) is 28.2 Å². The van der Waals surface area contributed by atoms with E-state index < -0.39 is 60.7 Å². The van der Waals surface area contributed by atoms with Gasteiger partial charge in [-0.15, -0.1) is 0 Å². The summed E-state index contributed by atoms with van der Waals surface area (Å²) < 4.78 is 14.1. The average molecular weight is 960 g/mol. The third kappa shape index (κ3) is 7.39. The number of aliphatic imine (C=N–C) groups is 1. The van der Waals surface area contributed by atoms with E-state index in [0.29, 0.717) is 75.9 Å². The Morgan fingerprint density at radius 2 is 1.89 bits per heavy atom. The number of hydrogen-bond acceptors (Lipinski definition) is 15. The summed E-state index contributed by atoms with van der Waals surface area (Å²) in [5.74, 6) is 1.06. The van der Waals surface area contributed by atoms with Gasteiger partial charge in [0.15, 0.2) is 16.8 Å². The molecule has 5 heterocycles. The lowest BCUT2D eigenvalue weighted by Gasteiger charge is -2.51. The molecule has 3 fully saturated rings. The molecule has 7 aliphatic rings. The minimum atomic E-state index is -2.42. The number of anilines is 1. The molecule has 16 heteroatoms. The van der Waals surface area contributed by atoms with E-state index >= 15 is 0 Å². The molecular formula is C54H61N3O13. The van der Waals surface area contributed by atoms with Crippen LogP contribution in [-0.4, -0.2) is 109 Å². The second-order valence-corrected chi connectivity index (χ2v) is 20.8. The zero-order valence-electron chi connectivity index (χ0n) is 39.3. The number of hydrogen-bond donors (Lipinski definition) is 8. The smallest absolute Gasteiger partial charge is 0.226 e. The number of nitrogens with zero attached hydrogens (tertiary/aromatic N) is 2. The Labute approximate surface area is 404 Å². The minimum absolute atomic E-state index is 0.00394. The third-order valence-corrected chi connectivity index (χ3v) is 17.0. The third-order valence-electron chi connectivity index (χ3n) is 17.0. The standard InChI is InChI=1S/C54H61N3O13/c1-3-41-35-14-17-55-40(35)25-57(41)46-48-31(19-37-43(61)18-28(2)68-49(37)46)20-45(53(69-48)16-13-29-7-9-32-6-4-5-15-54(32)39(38(29)23-53)24-56-51(54)65)70-67-27-52(66,50(64)47(63)44(62)26-58)22-30-8-12-42(60)34-11-10-33(59)21-36(30)34/h8,10-14,17-19,21,25,32,38-39,41,44-45,47,50,58-60,62-64,66H,3-7,9,15-16,20,22-24,26-27H2,1-2H3,(H,56,65)/t32-,38+,39+,41?,44-,45-,47-,50+,52+,53-,54+/m1/s1. The van der Waals surface area contributed by atoms with Gasteiger partial charge in [0, 0.05) is 60.8 Å². The number of amides is 1. The predicted molar refractivity (Wildman–Crippen MR) is 258 cm³/mol. The van der Waals surface area contributed by atoms with Gasteiger partial charge in [0.1, 0.15) is 65.2 Å². The first-order valence-corrected chi connectivity index (χ1v) is 24.8. The van der Waals surface area contributed by atoms with E-state index in [1.807, 2.05) is 12.3 Å². The highest BCUT2D eigenvalue weighted by atomic mass is 17.2. The molecule has 1 amide bonds. The molecule has 1 unspecified atom stereocenters. The Balaban J connectivity index is 1.02. The fraction of sp³-hybridized carbons (Fsp3) is 0.500. The Hall–Kier alpha value is -5.59. The summed E-state index contributed by atoms with van der Waals surface area (Å²) in [6.07, 6.45) is 8.05. The molecule has 8 N–H and O–H groups in total. The van der Waals surface area contributed by atoms with E-state index in [4.69, 9.17) is 18.9 Å². The molecular weight excluding hydrogens is 899 g/mol. The Kier molecular flexibility index (Phi) is 11.8. The molecule has 2 spiro atoms. The average Bonchev–Trinajstić information content (AvgIpc) is 4.02. The zero-order valence-corrected chi connectivity index (χ0v) is 39.3. The Bertz CT molecular complexity index is 2960. The summed E-state index contributed by atoms with van der Waals surface area (Å²) >= 11 is 0. The summed E-state index contributed by atoms with van der Waals surface area (Å²) in [5.41, 5.74) is 0.785. The van der Waals surface area contributed by atoms with Crippen molar-refractivity contribution in [3.8, 4) is 17.2 Å². The lowest BCUT2D eigenvalue weighted by atomic mass is 9.56. The number of aliphatic hydroxyl groups excluding tert-OH is 4. The van der Waals surface area contributed by atoms with Crippen LogP contribution in [0.2, 0.25) is 0 Å². The van der Waals surface area contributed by atoms with Gasteiger partial charge in [0.05, 0.1) is 29.1 Å². The number of rotatable bonds is 12. The summed E-state index contributed by atoms with van der Waals surface area (Å²) in [5, 5.41) is 81.1. The Morgan fingerprint density at radius 3 is 2.70 bits per heavy atom. The monoisotopic (exact) mass is 959 g/mol. The number of aryl methyl sites for hydroxylation is 1. The fourth-order valence-corrected chi connectivity index (χ4v) is 13.5. The Morgan fingerprint density at radius 1 is 1.04 bits per heavy atom. The molecule has 70 heavy (non-hydrogen) atoms. The minimum Gasteiger partial charge on any atom is -0.508 e. The molecule has 11 atom stereocenters. The molecule has 2 saturated carbocycles. The van der Waals surface area contributed by atoms with Crippen LogP contribution in [0.25, 0.3) is 21.7 Å². The van der Waals surface area contributed by atoms with E-state index in [1.165, 1.54) is 42.0 Å². The largest absolute Gasteiger partial charge is 0.508 e. The highest BCUT2D eigenvalue weighted by Crippen LogP contribution is 2.61. The van der Waals surface area contributed by atoms with Crippen LogP contribution in [0.5, 0.6) is 17.2 Å². The number of carbonyl (C=O) groups is 1. The fourth-order valence-electron chi connectivity index (χ4n) is 13.5. The van der Waals surface area contributed by atoms with Crippen LogP contribution in [0.15, 0.2) is 91.9 Å². The number of fused-ring (bicyclic) bond motifs is 6. The number of allylic oxidation sites excluding steroid dienone is 2. The summed E-state index contributed by atoms with van der Waals surface area (Å²) in [6, 6.07) is 10.3. The zero-order chi connectivity index (χ0) is 48.9. The highest BCUT2D eigenvalue weighted by molar-refractivity contribution is 5.97. The number of ether oxygens (including phenoxy) is 1. The van der Waals surface area contributed by atoms with Crippen molar-refractivity contribution in [2.24, 2.45) is 28.2 Å². The van der Waals surface area contributed by atoms with Crippen molar-refractivity contribution >= 4 is 39.6 Å². The maximum Gasteiger partial charge on any atom is 0.226 e. The van der Waals surface area contributed by atoms with Gasteiger partial charge in [-0.25, -0.2) is 9.78 Å². The maximum atomic E-state index is 14.2. The van der Waals surface area contributed by atoms with Crippen LogP contribution >= 0.6 is 0 Å². The first kappa shape index (κ1) is 46.8. The van der Waals surface area contributed by atoms with Crippen LogP contribution in [-0.2, 0) is 27.4 Å². The lowest BCUT2D eigenvalue weighted by molar-refractivity contribution is -0.373. The molecule has 0 bridgehead atoms. The number of phenols is 2. The lowest BCUT2D eigenvalue weighted by Crippen LogP contribution is -2.59. The van der Waals surface area contributed by atoms with Crippen molar-refractivity contribution in [2.45, 2.75) is 126 Å². The van der Waals surface area contributed by atoms with Crippen molar-refractivity contribution in [3.63, 3.8) is 0 Å². The van der Waals surface area contributed by atoms with Crippen LogP contribution in [0.3, 0.4) is 0 Å². The quantitative estimate of drug-likeness (QED) is 0.0517. The topological polar surface area (TPSA) is 244 Å². The molecule has 370 valence electrons. The van der Waals surface area contributed by atoms with Gasteiger partial charge in [-0.05, 0) is 111 Å². The van der Waals surface area contributed by atoms with Crippen molar-refractivity contribution in [1.82, 2.24) is 5.32 Å². The summed E-state index contributed by atoms with van der Waals surface area (Å²) in [4.78, 5) is 47.5. The molecule has 3 aromatic carbocycles. The number of aromatic hydroxyl groups is 2. The molecule has 4 aromatic rings. The second-order valence-electron chi connectivity index (χ2n) is 20.8. The van der Waals surface area contributed by atoms with E-state index in [0.717, 1.165) is 49.8 Å². The second kappa shape index (κ2) is 17.6. The molecule has 1 saturated heterocycles. The molecule has 0 radical (unpaired) electrons. The van der Waals surface area contributed by atoms with E-state index in [9.17, 15) is 45.3 Å². The van der Waals surface area contributed by atoms with Crippen molar-refractivity contribution < 1.29 is 59.5 Å². The normalized spacial score (nSPS) is 29.9. The van der Waals surface area contributed by atoms with Gasteiger partial charge in [0.2, 0.25) is 5.91 Å². The molecule has 16 nitrogen and oxygen atoms in total. The van der Waals surface area contributed by atoms with E-state index in [1.54, 1.807) is 19.2 Å². The SMILES string of the molecule is CCC1C2=CC=NC2=CN1c1c2c(cc3c(=O)cc(C)oc13)C[C@@H](OOC[C@@](O)(Cc1ccc(O)c3ccc(O)cc13)[C@@H](O)[C@H](O)[C@H](O)CO)[C@]1(CC=C3CC[C@H]4CCCC[C@]45C(=O)NC[C@H]5[C@H]3C1)O2. The van der Waals surface area contributed by atoms with Gasteiger partial charge < -0.3 is 55.1 Å². The van der Waals surface area contributed by atoms with Crippen molar-refractivity contribution in [3.05, 3.63) is 105 Å². The van der Waals surface area contributed by atoms with Crippen molar-refractivity contribution in [1.29, 1.82) is 0 Å². The maximum absolute atomic E-state index is 14.2. The number of carbonyl (C=O) groups excluding carboxylic acids is 1.